The average Bonchev–Trinajstić information content (AvgIpc) is 3.31. The summed E-state index contributed by atoms with van der Waals surface area (Å²) >= 11 is 3.26. The molecule has 1 aromatic heterocycles. The molecule has 0 bridgehead atoms. The second kappa shape index (κ2) is 14.6. The van der Waals surface area contributed by atoms with Crippen LogP contribution in [0.3, 0.4) is 0 Å². The molecule has 0 saturated carbocycles. The first-order valence-corrected chi connectivity index (χ1v) is 15.3. The van der Waals surface area contributed by atoms with Gasteiger partial charge < -0.3 is 28.4 Å². The van der Waals surface area contributed by atoms with Gasteiger partial charge in [-0.1, -0.05) is 17.4 Å². The quantitative estimate of drug-likeness (QED) is 0.205. The zero-order valence-corrected chi connectivity index (χ0v) is 27.3. The Kier molecular flexibility index (Phi) is 10.9. The molecule has 0 amide bonds. The number of benzene rings is 2. The van der Waals surface area contributed by atoms with E-state index in [1.807, 2.05) is 13.8 Å². The number of methoxy groups -OCH3 is 2. The van der Waals surface area contributed by atoms with Crippen LogP contribution < -0.4 is 33.8 Å². The van der Waals surface area contributed by atoms with Crippen LogP contribution in [0.5, 0.6) is 23.0 Å². The SMILES string of the molecule is CCOC(=O)COc1c(I)cc(/C=c2\sc3n(c2=O)[C@H](c2ccc(OCC)c(OCC)c2)C(C(=O)OC)=CN=3)cc1OC. The largest absolute Gasteiger partial charge is 0.493 e. The Morgan fingerprint density at radius 3 is 2.42 bits per heavy atom. The van der Waals surface area contributed by atoms with E-state index < -0.39 is 18.0 Å². The summed E-state index contributed by atoms with van der Waals surface area (Å²) in [4.78, 5) is 43.4. The number of halogens is 1. The molecule has 1 aliphatic heterocycles. The fourth-order valence-electron chi connectivity index (χ4n) is 4.44. The third kappa shape index (κ3) is 7.04. The molecule has 0 unspecified atom stereocenters. The van der Waals surface area contributed by atoms with E-state index >= 15 is 0 Å². The molecule has 0 spiro atoms. The molecule has 0 aliphatic carbocycles. The van der Waals surface area contributed by atoms with Crippen LogP contribution >= 0.6 is 33.9 Å². The molecule has 0 saturated heterocycles. The second-order valence-electron chi connectivity index (χ2n) is 8.88. The summed E-state index contributed by atoms with van der Waals surface area (Å²) < 4.78 is 35.2. The first-order valence-electron chi connectivity index (χ1n) is 13.4. The Morgan fingerprint density at radius 1 is 1.00 bits per heavy atom. The van der Waals surface area contributed by atoms with Crippen LogP contribution in [-0.2, 0) is 19.1 Å². The van der Waals surface area contributed by atoms with Gasteiger partial charge in [0, 0.05) is 6.20 Å². The number of hydrogen-bond acceptors (Lipinski definition) is 11. The molecule has 4 rings (SSSR count). The average molecular weight is 723 g/mol. The van der Waals surface area contributed by atoms with Crippen LogP contribution in [0.4, 0.5) is 0 Å². The minimum Gasteiger partial charge on any atom is -0.493 e. The predicted octanol–water partition coefficient (Wildman–Crippen LogP) is 3.37. The van der Waals surface area contributed by atoms with E-state index in [-0.39, 0.29) is 24.3 Å². The zero-order valence-electron chi connectivity index (χ0n) is 24.3. The minimum atomic E-state index is -0.811. The third-order valence-corrected chi connectivity index (χ3v) is 8.00. The van der Waals surface area contributed by atoms with Gasteiger partial charge in [-0.05, 0) is 84.8 Å². The number of carbonyl (C=O) groups is 2. The van der Waals surface area contributed by atoms with Gasteiger partial charge in [-0.2, -0.15) is 0 Å². The number of hydrogen-bond donors (Lipinski definition) is 0. The van der Waals surface area contributed by atoms with Crippen molar-refractivity contribution in [1.29, 1.82) is 0 Å². The van der Waals surface area contributed by atoms with Crippen molar-refractivity contribution in [3.63, 3.8) is 0 Å². The van der Waals surface area contributed by atoms with Gasteiger partial charge in [0.1, 0.15) is 0 Å². The number of carbonyl (C=O) groups excluding carboxylic acids is 2. The second-order valence-corrected chi connectivity index (χ2v) is 11.0. The smallest absolute Gasteiger partial charge is 0.344 e. The van der Waals surface area contributed by atoms with Crippen LogP contribution in [0.2, 0.25) is 0 Å². The van der Waals surface area contributed by atoms with Crippen LogP contribution in [0, 0.1) is 3.57 Å². The summed E-state index contributed by atoms with van der Waals surface area (Å²) in [6.45, 7) is 6.29. The predicted molar refractivity (Wildman–Crippen MR) is 168 cm³/mol. The molecule has 0 fully saturated rings. The molecule has 11 nitrogen and oxygen atoms in total. The lowest BCUT2D eigenvalue weighted by atomic mass is 9.97. The van der Waals surface area contributed by atoms with Crippen LogP contribution in [-0.4, -0.2) is 57.2 Å². The Labute approximate surface area is 265 Å². The number of fused-ring (bicyclic) bond motifs is 1. The number of rotatable bonds is 12. The van der Waals surface area contributed by atoms with Crippen LogP contribution in [0.25, 0.3) is 6.08 Å². The van der Waals surface area contributed by atoms with Gasteiger partial charge in [-0.25, -0.2) is 14.6 Å². The van der Waals surface area contributed by atoms with Gasteiger partial charge in [0.25, 0.3) is 5.56 Å². The Bertz CT molecular complexity index is 1730. The first kappa shape index (κ1) is 32.1. The van der Waals surface area contributed by atoms with Crippen molar-refractivity contribution < 1.29 is 38.0 Å². The van der Waals surface area contributed by atoms with Crippen molar-refractivity contribution in [3.8, 4) is 23.0 Å². The third-order valence-electron chi connectivity index (χ3n) is 6.20. The van der Waals surface area contributed by atoms with Gasteiger partial charge in [0.15, 0.2) is 34.4 Å². The van der Waals surface area contributed by atoms with Gasteiger partial charge in [0.05, 0.1) is 53.8 Å². The molecular formula is C30H31IN2O9S. The molecule has 228 valence electrons. The van der Waals surface area contributed by atoms with E-state index in [0.717, 1.165) is 0 Å². The van der Waals surface area contributed by atoms with Crippen molar-refractivity contribution in [2.45, 2.75) is 26.8 Å². The summed E-state index contributed by atoms with van der Waals surface area (Å²) in [5.41, 5.74) is 1.16. The van der Waals surface area contributed by atoms with E-state index in [1.165, 1.54) is 36.3 Å². The molecular weight excluding hydrogens is 691 g/mol. The van der Waals surface area contributed by atoms with E-state index in [9.17, 15) is 14.4 Å². The van der Waals surface area contributed by atoms with Gasteiger partial charge in [-0.15, -0.1) is 0 Å². The van der Waals surface area contributed by atoms with Crippen molar-refractivity contribution >= 4 is 51.9 Å². The highest BCUT2D eigenvalue weighted by Crippen LogP contribution is 2.36. The van der Waals surface area contributed by atoms with Gasteiger partial charge >= 0.3 is 11.9 Å². The van der Waals surface area contributed by atoms with Gasteiger partial charge in [0.2, 0.25) is 0 Å². The zero-order chi connectivity index (χ0) is 31.1. The van der Waals surface area contributed by atoms with Gasteiger partial charge in [-0.3, -0.25) is 9.36 Å². The Hall–Kier alpha value is -3.85. The molecule has 3 aromatic rings. The van der Waals surface area contributed by atoms with E-state index in [4.69, 9.17) is 28.4 Å². The summed E-state index contributed by atoms with van der Waals surface area (Å²) in [5, 5.41) is 0. The van der Waals surface area contributed by atoms with Crippen molar-refractivity contribution in [1.82, 2.24) is 4.57 Å². The highest BCUT2D eigenvalue weighted by molar-refractivity contribution is 14.1. The molecule has 2 heterocycles. The lowest BCUT2D eigenvalue weighted by Gasteiger charge is -2.23. The Balaban J connectivity index is 1.81. The molecule has 1 atom stereocenters. The fraction of sp³-hybridized carbons (Fsp3) is 0.333. The molecule has 0 radical (unpaired) electrons. The summed E-state index contributed by atoms with van der Waals surface area (Å²) in [6, 6.07) is 8.02. The number of ether oxygens (including phenoxy) is 6. The molecule has 2 aromatic carbocycles. The van der Waals surface area contributed by atoms with E-state index in [0.29, 0.717) is 60.2 Å². The summed E-state index contributed by atoms with van der Waals surface area (Å²) in [7, 11) is 2.77. The topological polar surface area (TPSA) is 124 Å². The number of aromatic nitrogens is 1. The number of esters is 2. The Morgan fingerprint density at radius 2 is 1.74 bits per heavy atom. The van der Waals surface area contributed by atoms with Crippen molar-refractivity contribution in [3.05, 3.63) is 76.5 Å². The molecule has 43 heavy (non-hydrogen) atoms. The minimum absolute atomic E-state index is 0.201. The summed E-state index contributed by atoms with van der Waals surface area (Å²) in [5.74, 6) is 0.733. The lowest BCUT2D eigenvalue weighted by Crippen LogP contribution is -2.39. The molecule has 1 aliphatic rings. The van der Waals surface area contributed by atoms with E-state index in [2.05, 4.69) is 27.6 Å². The highest BCUT2D eigenvalue weighted by atomic mass is 127. The number of thiazole rings is 1. The maximum absolute atomic E-state index is 13.9. The standard InChI is InChI=1S/C30H31IN2O9S/c1-6-39-21-10-9-18(14-22(21)40-7-2)26-19(29(36)38-5)15-32-30-33(26)28(35)24(43-30)13-17-11-20(31)27(23(12-17)37-4)42-16-25(34)41-8-3/h9-15,26H,6-8,16H2,1-5H3/b24-13-/t26-/m1/s1. The fourth-order valence-corrected chi connectivity index (χ4v) is 6.19. The van der Waals surface area contributed by atoms with Crippen LogP contribution in [0.1, 0.15) is 37.9 Å². The van der Waals surface area contributed by atoms with Crippen LogP contribution in [0.15, 0.2) is 51.9 Å². The number of nitrogens with zero attached hydrogens (tertiary/aromatic N) is 2. The van der Waals surface area contributed by atoms with E-state index in [1.54, 1.807) is 43.3 Å². The van der Waals surface area contributed by atoms with Crippen molar-refractivity contribution in [2.24, 2.45) is 4.99 Å². The maximum atomic E-state index is 13.9. The highest BCUT2D eigenvalue weighted by Gasteiger charge is 2.31. The van der Waals surface area contributed by atoms with Crippen molar-refractivity contribution in [2.75, 3.05) is 40.6 Å². The molecule has 13 heteroatoms. The summed E-state index contributed by atoms with van der Waals surface area (Å²) in [6.07, 6.45) is 3.15. The normalized spacial score (nSPS) is 14.2. The monoisotopic (exact) mass is 722 g/mol. The maximum Gasteiger partial charge on any atom is 0.344 e. The first-order chi connectivity index (χ1) is 20.8. The molecule has 0 N–H and O–H groups in total. The lowest BCUT2D eigenvalue weighted by molar-refractivity contribution is -0.145.